The van der Waals surface area contributed by atoms with Gasteiger partial charge < -0.3 is 30.1 Å². The van der Waals surface area contributed by atoms with Crippen molar-refractivity contribution in [3.05, 3.63) is 59.0 Å². The Labute approximate surface area is 231 Å². The Morgan fingerprint density at radius 1 is 1.13 bits per heavy atom. The standard InChI is InChI=1S/C28H33N5O5S/c1-17-12-33(13-18(2)38-17)24-9-5-8-21(30-24)22-15-39-27(31-22)32-25(35)11-29-26(36)19-6-4-7-20(10-19)28(3)16-37-14-23(28)34/h4-10,15,17-18,23,34H,11-14,16H2,1-3H3,(H,29,36)(H,31,32,35)/t17-,18+,23-,28+/m1/s1. The number of carbonyl (C=O) groups excluding carboxylic acids is 2. The van der Waals surface area contributed by atoms with Gasteiger partial charge in [0.2, 0.25) is 5.91 Å². The smallest absolute Gasteiger partial charge is 0.251 e. The van der Waals surface area contributed by atoms with Gasteiger partial charge in [-0.3, -0.25) is 9.59 Å². The highest BCUT2D eigenvalue weighted by molar-refractivity contribution is 7.14. The van der Waals surface area contributed by atoms with Crippen LogP contribution in [0, 0.1) is 0 Å². The predicted octanol–water partition coefficient (Wildman–Crippen LogP) is 2.84. The summed E-state index contributed by atoms with van der Waals surface area (Å²) in [6, 6.07) is 12.9. The number of morpholine rings is 1. The van der Waals surface area contributed by atoms with Crippen molar-refractivity contribution in [1.29, 1.82) is 0 Å². The Bertz CT molecular complexity index is 1340. The van der Waals surface area contributed by atoms with Gasteiger partial charge in [0.15, 0.2) is 5.13 Å². The molecule has 0 saturated carbocycles. The van der Waals surface area contributed by atoms with Crippen LogP contribution in [-0.4, -0.2) is 78.0 Å². The van der Waals surface area contributed by atoms with Crippen molar-refractivity contribution in [2.24, 2.45) is 0 Å². The highest BCUT2D eigenvalue weighted by Crippen LogP contribution is 2.33. The molecule has 0 unspecified atom stereocenters. The molecule has 0 aliphatic carbocycles. The van der Waals surface area contributed by atoms with Gasteiger partial charge in [0, 0.05) is 29.4 Å². The van der Waals surface area contributed by atoms with Crippen LogP contribution < -0.4 is 15.5 Å². The molecule has 11 heteroatoms. The quantitative estimate of drug-likeness (QED) is 0.409. The fourth-order valence-electron chi connectivity index (χ4n) is 4.94. The van der Waals surface area contributed by atoms with Crippen molar-refractivity contribution in [1.82, 2.24) is 15.3 Å². The number of thiazole rings is 1. The maximum Gasteiger partial charge on any atom is 0.251 e. The van der Waals surface area contributed by atoms with E-state index in [2.05, 4.69) is 34.4 Å². The van der Waals surface area contributed by atoms with E-state index in [4.69, 9.17) is 14.5 Å². The summed E-state index contributed by atoms with van der Waals surface area (Å²) in [6.45, 7) is 7.99. The van der Waals surface area contributed by atoms with Crippen LogP contribution in [-0.2, 0) is 19.7 Å². The predicted molar refractivity (Wildman–Crippen MR) is 149 cm³/mol. The summed E-state index contributed by atoms with van der Waals surface area (Å²) in [4.78, 5) is 36.8. The first-order chi connectivity index (χ1) is 18.7. The first-order valence-electron chi connectivity index (χ1n) is 13.0. The van der Waals surface area contributed by atoms with Crippen LogP contribution in [0.5, 0.6) is 0 Å². The van der Waals surface area contributed by atoms with E-state index >= 15 is 0 Å². The number of carbonyl (C=O) groups is 2. The number of ether oxygens (including phenoxy) is 2. The third-order valence-electron chi connectivity index (χ3n) is 7.10. The van der Waals surface area contributed by atoms with Gasteiger partial charge in [-0.15, -0.1) is 11.3 Å². The van der Waals surface area contributed by atoms with E-state index in [0.29, 0.717) is 23.0 Å². The average molecular weight is 552 g/mol. The zero-order valence-electron chi connectivity index (χ0n) is 22.2. The molecule has 5 rings (SSSR count). The number of aromatic nitrogens is 2. The molecule has 2 aromatic heterocycles. The Morgan fingerprint density at radius 2 is 1.90 bits per heavy atom. The van der Waals surface area contributed by atoms with Crippen molar-refractivity contribution in [2.45, 2.75) is 44.5 Å². The molecule has 2 aliphatic heterocycles. The second-order valence-electron chi connectivity index (χ2n) is 10.3. The Kier molecular flexibility index (Phi) is 7.94. The maximum absolute atomic E-state index is 12.7. The lowest BCUT2D eigenvalue weighted by atomic mass is 9.79. The topological polar surface area (TPSA) is 126 Å². The molecule has 4 heterocycles. The number of benzene rings is 1. The van der Waals surface area contributed by atoms with E-state index in [9.17, 15) is 14.7 Å². The molecule has 4 atom stereocenters. The number of rotatable bonds is 7. The fourth-order valence-corrected chi connectivity index (χ4v) is 5.66. The van der Waals surface area contributed by atoms with E-state index in [1.54, 1.807) is 18.2 Å². The SMILES string of the molecule is C[C@@H]1CN(c2cccc(-c3csc(NC(=O)CNC(=O)c4cccc([C@]5(C)COC[C@H]5O)c4)n3)n2)C[C@H](C)O1. The highest BCUT2D eigenvalue weighted by atomic mass is 32.1. The van der Waals surface area contributed by atoms with Crippen molar-refractivity contribution in [3.8, 4) is 11.4 Å². The minimum atomic E-state index is -0.644. The molecule has 10 nitrogen and oxygen atoms in total. The van der Waals surface area contributed by atoms with Crippen LogP contribution in [0.1, 0.15) is 36.7 Å². The number of nitrogens with one attached hydrogen (secondary N) is 2. The molecule has 0 radical (unpaired) electrons. The van der Waals surface area contributed by atoms with Crippen molar-refractivity contribution >= 4 is 34.1 Å². The molecular formula is C28H33N5O5S. The molecule has 206 valence electrons. The first kappa shape index (κ1) is 27.2. The van der Waals surface area contributed by atoms with E-state index < -0.39 is 11.5 Å². The molecule has 2 aliphatic rings. The minimum Gasteiger partial charge on any atom is -0.390 e. The molecule has 1 aromatic carbocycles. The zero-order valence-corrected chi connectivity index (χ0v) is 23.0. The highest BCUT2D eigenvalue weighted by Gasteiger charge is 2.40. The van der Waals surface area contributed by atoms with Gasteiger partial charge in [-0.1, -0.05) is 25.1 Å². The van der Waals surface area contributed by atoms with E-state index in [0.717, 1.165) is 30.2 Å². The Hall–Kier alpha value is -3.38. The van der Waals surface area contributed by atoms with Crippen molar-refractivity contribution < 1.29 is 24.2 Å². The van der Waals surface area contributed by atoms with Gasteiger partial charge >= 0.3 is 0 Å². The molecule has 39 heavy (non-hydrogen) atoms. The van der Waals surface area contributed by atoms with Crippen molar-refractivity contribution in [3.63, 3.8) is 0 Å². The third-order valence-corrected chi connectivity index (χ3v) is 7.86. The summed E-state index contributed by atoms with van der Waals surface area (Å²) in [5, 5.41) is 18.0. The van der Waals surface area contributed by atoms with Crippen molar-refractivity contribution in [2.75, 3.05) is 43.1 Å². The van der Waals surface area contributed by atoms with Crippen LogP contribution in [0.2, 0.25) is 0 Å². The summed E-state index contributed by atoms with van der Waals surface area (Å²) in [7, 11) is 0. The lowest BCUT2D eigenvalue weighted by molar-refractivity contribution is -0.115. The minimum absolute atomic E-state index is 0.128. The van der Waals surface area contributed by atoms with Crippen LogP contribution in [0.4, 0.5) is 10.9 Å². The number of aliphatic hydroxyl groups excluding tert-OH is 1. The number of aliphatic hydroxyl groups is 1. The maximum atomic E-state index is 12.7. The number of nitrogens with zero attached hydrogens (tertiary/aromatic N) is 3. The third kappa shape index (κ3) is 6.11. The second kappa shape index (κ2) is 11.4. The first-order valence-corrected chi connectivity index (χ1v) is 13.9. The Morgan fingerprint density at radius 3 is 2.64 bits per heavy atom. The van der Waals surface area contributed by atoms with Gasteiger partial charge in [-0.05, 0) is 43.7 Å². The molecule has 3 N–H and O–H groups in total. The lowest BCUT2D eigenvalue weighted by Gasteiger charge is -2.36. The monoisotopic (exact) mass is 551 g/mol. The molecule has 0 spiro atoms. The number of hydrogen-bond acceptors (Lipinski definition) is 9. The van der Waals surface area contributed by atoms with Gasteiger partial charge in [-0.25, -0.2) is 9.97 Å². The number of hydrogen-bond donors (Lipinski definition) is 3. The molecule has 0 bridgehead atoms. The van der Waals surface area contributed by atoms with Crippen LogP contribution in [0.15, 0.2) is 47.8 Å². The summed E-state index contributed by atoms with van der Waals surface area (Å²) >= 11 is 1.30. The van der Waals surface area contributed by atoms with Crippen LogP contribution in [0.3, 0.4) is 0 Å². The van der Waals surface area contributed by atoms with Gasteiger partial charge in [0.05, 0.1) is 43.8 Å². The molecule has 2 amide bonds. The van der Waals surface area contributed by atoms with Gasteiger partial charge in [0.25, 0.3) is 5.91 Å². The number of amides is 2. The number of anilines is 2. The molecule has 2 fully saturated rings. The summed E-state index contributed by atoms with van der Waals surface area (Å²) < 4.78 is 11.2. The van der Waals surface area contributed by atoms with E-state index in [1.807, 2.05) is 36.6 Å². The molecule has 3 aromatic rings. The fraction of sp³-hybridized carbons (Fsp3) is 0.429. The summed E-state index contributed by atoms with van der Waals surface area (Å²) in [5.41, 5.74) is 2.03. The van der Waals surface area contributed by atoms with Gasteiger partial charge in [-0.2, -0.15) is 0 Å². The largest absolute Gasteiger partial charge is 0.390 e. The Balaban J connectivity index is 1.17. The zero-order chi connectivity index (χ0) is 27.6. The van der Waals surface area contributed by atoms with E-state index in [-0.39, 0.29) is 37.2 Å². The molecule has 2 saturated heterocycles. The lowest BCUT2D eigenvalue weighted by Crippen LogP contribution is -2.45. The normalized spacial score (nSPS) is 24.9. The molecular weight excluding hydrogens is 518 g/mol. The van der Waals surface area contributed by atoms with E-state index in [1.165, 1.54) is 11.3 Å². The summed E-state index contributed by atoms with van der Waals surface area (Å²) in [6.07, 6.45) is -0.389. The second-order valence-corrected chi connectivity index (χ2v) is 11.2. The summed E-state index contributed by atoms with van der Waals surface area (Å²) in [5.74, 6) is 0.102. The van der Waals surface area contributed by atoms with Crippen LogP contribution in [0.25, 0.3) is 11.4 Å². The van der Waals surface area contributed by atoms with Crippen LogP contribution >= 0.6 is 11.3 Å². The average Bonchev–Trinajstić information content (AvgIpc) is 3.53. The number of pyridine rings is 1. The van der Waals surface area contributed by atoms with Gasteiger partial charge in [0.1, 0.15) is 11.5 Å².